The SMILES string of the molecule is CCCCCOC1CCC(NC(=O)c2ccn3c(C)cc(CCCCCCOC4CCC(NC(=O)c5ccn6c(C)cc(C)nc56)CC4)nc23)CC1. The molecule has 0 unspecified atom stereocenters. The van der Waals surface area contributed by atoms with Crippen molar-refractivity contribution in [3.8, 4) is 0 Å². The fourth-order valence-electron chi connectivity index (χ4n) is 8.07. The Hall–Kier alpha value is -3.76. The van der Waals surface area contributed by atoms with Crippen LogP contribution in [0, 0.1) is 20.8 Å². The van der Waals surface area contributed by atoms with Crippen molar-refractivity contribution < 1.29 is 19.1 Å². The molecule has 10 heteroatoms. The number of unbranched alkanes of at least 4 members (excludes halogenated alkanes) is 5. The van der Waals surface area contributed by atoms with Gasteiger partial charge < -0.3 is 28.9 Å². The summed E-state index contributed by atoms with van der Waals surface area (Å²) in [6.07, 6.45) is 21.1. The third-order valence-electron chi connectivity index (χ3n) is 11.1. The Morgan fingerprint density at radius 2 is 1.17 bits per heavy atom. The summed E-state index contributed by atoms with van der Waals surface area (Å²) in [6.45, 7) is 9.93. The molecule has 0 radical (unpaired) electrons. The third kappa shape index (κ3) is 9.81. The normalized spacial score (nSPS) is 20.8. The number of hydrogen-bond acceptors (Lipinski definition) is 6. The molecule has 0 spiro atoms. The van der Waals surface area contributed by atoms with Crippen LogP contribution in [-0.4, -0.2) is 68.1 Å². The highest BCUT2D eigenvalue weighted by Gasteiger charge is 2.26. The number of ether oxygens (including phenoxy) is 2. The number of nitrogens with one attached hydrogen (secondary N) is 2. The lowest BCUT2D eigenvalue weighted by Crippen LogP contribution is -2.39. The van der Waals surface area contributed by atoms with E-state index in [1.165, 1.54) is 12.8 Å². The number of aromatic nitrogens is 4. The van der Waals surface area contributed by atoms with Gasteiger partial charge in [-0.2, -0.15) is 0 Å². The minimum Gasteiger partial charge on any atom is -0.378 e. The van der Waals surface area contributed by atoms with Crippen LogP contribution < -0.4 is 10.6 Å². The number of fused-ring (bicyclic) bond motifs is 2. The maximum Gasteiger partial charge on any atom is 0.255 e. The van der Waals surface area contributed by atoms with Gasteiger partial charge in [-0.25, -0.2) is 9.97 Å². The summed E-state index contributed by atoms with van der Waals surface area (Å²) in [5, 5.41) is 6.53. The minimum absolute atomic E-state index is 0.0226. The van der Waals surface area contributed by atoms with Gasteiger partial charge in [0.2, 0.25) is 0 Å². The van der Waals surface area contributed by atoms with Gasteiger partial charge in [-0.05, 0) is 122 Å². The van der Waals surface area contributed by atoms with E-state index < -0.39 is 0 Å². The minimum atomic E-state index is -0.0405. The average Bonchev–Trinajstić information content (AvgIpc) is 3.77. The first-order valence-corrected chi connectivity index (χ1v) is 20.1. The molecule has 0 saturated heterocycles. The molecule has 6 rings (SSSR count). The van der Waals surface area contributed by atoms with Gasteiger partial charge in [-0.3, -0.25) is 9.59 Å². The molecule has 52 heavy (non-hydrogen) atoms. The molecule has 4 aromatic heterocycles. The van der Waals surface area contributed by atoms with E-state index in [4.69, 9.17) is 14.5 Å². The molecule has 2 aliphatic carbocycles. The second-order valence-corrected chi connectivity index (χ2v) is 15.3. The number of aryl methyl sites for hydroxylation is 4. The first kappa shape index (κ1) is 38.0. The van der Waals surface area contributed by atoms with Crippen molar-refractivity contribution in [2.75, 3.05) is 13.2 Å². The van der Waals surface area contributed by atoms with Crippen molar-refractivity contribution >= 4 is 23.1 Å². The Balaban J connectivity index is 0.863. The Morgan fingerprint density at radius 1 is 0.673 bits per heavy atom. The molecule has 10 nitrogen and oxygen atoms in total. The summed E-state index contributed by atoms with van der Waals surface area (Å²) in [4.78, 5) is 36.0. The van der Waals surface area contributed by atoms with E-state index in [0.29, 0.717) is 17.2 Å². The van der Waals surface area contributed by atoms with Crippen molar-refractivity contribution in [2.24, 2.45) is 0 Å². The molecule has 0 aromatic carbocycles. The Morgan fingerprint density at radius 3 is 1.73 bits per heavy atom. The lowest BCUT2D eigenvalue weighted by molar-refractivity contribution is 0.0203. The highest BCUT2D eigenvalue weighted by atomic mass is 16.5. The van der Waals surface area contributed by atoms with Gasteiger partial charge in [-0.15, -0.1) is 0 Å². The molecule has 4 aromatic rings. The summed E-state index contributed by atoms with van der Waals surface area (Å²) >= 11 is 0. The maximum atomic E-state index is 13.3. The Labute approximate surface area is 309 Å². The number of hydrogen-bond donors (Lipinski definition) is 2. The first-order valence-electron chi connectivity index (χ1n) is 20.1. The molecule has 2 aliphatic rings. The molecular formula is C42H60N6O4. The third-order valence-corrected chi connectivity index (χ3v) is 11.1. The highest BCUT2D eigenvalue weighted by molar-refractivity contribution is 6.01. The molecule has 4 heterocycles. The lowest BCUT2D eigenvalue weighted by atomic mass is 9.92. The van der Waals surface area contributed by atoms with Gasteiger partial charge in [-0.1, -0.05) is 32.6 Å². The van der Waals surface area contributed by atoms with Crippen LogP contribution >= 0.6 is 0 Å². The van der Waals surface area contributed by atoms with Gasteiger partial charge >= 0.3 is 0 Å². The number of carbonyl (C=O) groups excluding carboxylic acids is 2. The molecule has 2 fully saturated rings. The zero-order valence-electron chi connectivity index (χ0n) is 31.9. The van der Waals surface area contributed by atoms with Crippen LogP contribution in [0.25, 0.3) is 11.3 Å². The van der Waals surface area contributed by atoms with E-state index >= 15 is 0 Å². The fraction of sp³-hybridized carbons (Fsp3) is 0.619. The monoisotopic (exact) mass is 712 g/mol. The largest absolute Gasteiger partial charge is 0.378 e. The predicted molar refractivity (Wildman–Crippen MR) is 205 cm³/mol. The number of amides is 2. The van der Waals surface area contributed by atoms with Crippen LogP contribution in [0.15, 0.2) is 36.7 Å². The van der Waals surface area contributed by atoms with Crippen molar-refractivity contribution in [1.82, 2.24) is 29.4 Å². The van der Waals surface area contributed by atoms with E-state index in [1.54, 1.807) is 0 Å². The molecule has 2 saturated carbocycles. The van der Waals surface area contributed by atoms with Crippen LogP contribution in [0.5, 0.6) is 0 Å². The second kappa shape index (κ2) is 18.3. The van der Waals surface area contributed by atoms with Crippen molar-refractivity contribution in [3.63, 3.8) is 0 Å². The van der Waals surface area contributed by atoms with Gasteiger partial charge in [0.25, 0.3) is 11.8 Å². The maximum absolute atomic E-state index is 13.3. The van der Waals surface area contributed by atoms with Crippen molar-refractivity contribution in [2.45, 2.75) is 155 Å². The number of nitrogens with zero attached hydrogens (tertiary/aromatic N) is 4. The zero-order chi connectivity index (χ0) is 36.5. The Kier molecular flexibility index (Phi) is 13.4. The van der Waals surface area contributed by atoms with E-state index in [9.17, 15) is 9.59 Å². The van der Waals surface area contributed by atoms with Crippen LogP contribution in [0.1, 0.15) is 147 Å². The standard InChI is InChI=1S/C42H60N6O4/c1-5-6-10-25-51-35-17-13-33(14-18-35)46-42(50)38-22-24-48-31(4)28-34(44-40(38)48)12-9-7-8-11-26-52-36-19-15-32(16-20-36)45-41(49)37-21-23-47-30(3)27-29(2)43-39(37)47/h21-24,27-28,32-33,35-36H,5-20,25-26H2,1-4H3,(H,45,49)(H,46,50). The van der Waals surface area contributed by atoms with Gasteiger partial charge in [0.15, 0.2) is 0 Å². The Bertz CT molecular complexity index is 1780. The summed E-state index contributed by atoms with van der Waals surface area (Å²) < 4.78 is 16.3. The molecule has 2 N–H and O–H groups in total. The van der Waals surface area contributed by atoms with Crippen molar-refractivity contribution in [1.29, 1.82) is 0 Å². The topological polar surface area (TPSA) is 111 Å². The predicted octanol–water partition coefficient (Wildman–Crippen LogP) is 8.02. The van der Waals surface area contributed by atoms with E-state index in [1.807, 2.05) is 53.2 Å². The molecule has 282 valence electrons. The summed E-state index contributed by atoms with van der Waals surface area (Å²) in [5.74, 6) is -0.0631. The second-order valence-electron chi connectivity index (χ2n) is 15.3. The summed E-state index contributed by atoms with van der Waals surface area (Å²) in [6, 6.07) is 8.32. The van der Waals surface area contributed by atoms with Crippen LogP contribution in [0.3, 0.4) is 0 Å². The summed E-state index contributed by atoms with van der Waals surface area (Å²) in [7, 11) is 0. The highest BCUT2D eigenvalue weighted by Crippen LogP contribution is 2.25. The smallest absolute Gasteiger partial charge is 0.255 e. The molecular weight excluding hydrogens is 652 g/mol. The van der Waals surface area contributed by atoms with Gasteiger partial charge in [0, 0.05) is 60.5 Å². The average molecular weight is 713 g/mol. The van der Waals surface area contributed by atoms with E-state index in [-0.39, 0.29) is 30.0 Å². The zero-order valence-corrected chi connectivity index (χ0v) is 31.9. The molecule has 2 amide bonds. The number of rotatable bonds is 17. The van der Waals surface area contributed by atoms with Crippen molar-refractivity contribution in [3.05, 3.63) is 70.6 Å². The molecule has 0 atom stereocenters. The van der Waals surface area contributed by atoms with E-state index in [0.717, 1.165) is 137 Å². The summed E-state index contributed by atoms with van der Waals surface area (Å²) in [5.41, 5.74) is 6.92. The van der Waals surface area contributed by atoms with Gasteiger partial charge in [0.1, 0.15) is 11.3 Å². The van der Waals surface area contributed by atoms with Crippen LogP contribution in [0.2, 0.25) is 0 Å². The molecule has 0 aliphatic heterocycles. The van der Waals surface area contributed by atoms with Gasteiger partial charge in [0.05, 0.1) is 23.3 Å². The number of carbonyl (C=O) groups is 2. The fourth-order valence-corrected chi connectivity index (χ4v) is 8.07. The van der Waals surface area contributed by atoms with Crippen LogP contribution in [-0.2, 0) is 15.9 Å². The molecule has 0 bridgehead atoms. The van der Waals surface area contributed by atoms with E-state index in [2.05, 4.69) is 35.5 Å². The first-order chi connectivity index (χ1) is 25.3. The lowest BCUT2D eigenvalue weighted by Gasteiger charge is -2.29. The quantitative estimate of drug-likeness (QED) is 0.107. The van der Waals surface area contributed by atoms with Crippen LogP contribution in [0.4, 0.5) is 0 Å².